The average molecular weight is 114 g/mol. The predicted octanol–water partition coefficient (Wildman–Crippen LogP) is -1.58. The van der Waals surface area contributed by atoms with Crippen molar-refractivity contribution in [2.75, 3.05) is 0 Å². The van der Waals surface area contributed by atoms with Crippen molar-refractivity contribution in [2.24, 2.45) is 0 Å². The van der Waals surface area contributed by atoms with Crippen LogP contribution >= 0.6 is 0 Å². The standard InChI is InChI=1S/C3H4O2.Al.O/c1-2-3(4)5;;/h2H,1H2,(H,4,5);;/q;+3;-2/p-1. The van der Waals surface area contributed by atoms with Gasteiger partial charge in [-0.1, -0.05) is 6.58 Å². The minimum atomic E-state index is -1.23. The summed E-state index contributed by atoms with van der Waals surface area (Å²) in [6.07, 6.45) is 0.722. The molecule has 0 fully saturated rings. The van der Waals surface area contributed by atoms with Crippen molar-refractivity contribution in [2.45, 2.75) is 0 Å². The first-order chi connectivity index (χ1) is 2.27. The molecule has 0 aliphatic carbocycles. The van der Waals surface area contributed by atoms with Gasteiger partial charge in [-0.15, -0.1) is 0 Å². The Balaban J connectivity index is -0.0000000800. The summed E-state index contributed by atoms with van der Waals surface area (Å²) in [6.45, 7) is 2.90. The largest absolute Gasteiger partial charge is 3.00 e. The van der Waals surface area contributed by atoms with E-state index in [9.17, 15) is 0 Å². The summed E-state index contributed by atoms with van der Waals surface area (Å²) in [4.78, 5) is 9.14. The van der Waals surface area contributed by atoms with Gasteiger partial charge in [-0.2, -0.15) is 0 Å². The smallest absolute Gasteiger partial charge is 2.00 e. The molecule has 0 bridgehead atoms. The molecule has 0 atom stereocenters. The van der Waals surface area contributed by atoms with E-state index in [2.05, 4.69) is 6.58 Å². The van der Waals surface area contributed by atoms with E-state index in [1.807, 2.05) is 0 Å². The van der Waals surface area contributed by atoms with Gasteiger partial charge < -0.3 is 15.4 Å². The molecule has 0 rings (SSSR count). The maximum atomic E-state index is 9.14. The third-order valence-electron chi connectivity index (χ3n) is 0.167. The van der Waals surface area contributed by atoms with Crippen LogP contribution in [-0.2, 0) is 10.3 Å². The van der Waals surface area contributed by atoms with Crippen LogP contribution in [0, 0.1) is 0 Å². The SMILES string of the molecule is C=CC(=O)[O-].[Al+3].[O-2]. The molecule has 7 heavy (non-hydrogen) atoms. The number of carbonyl (C=O) groups is 1. The Morgan fingerprint density at radius 3 is 1.86 bits per heavy atom. The molecule has 0 amide bonds. The van der Waals surface area contributed by atoms with Gasteiger partial charge in [-0.25, -0.2) is 0 Å². The van der Waals surface area contributed by atoms with E-state index in [4.69, 9.17) is 9.90 Å². The van der Waals surface area contributed by atoms with Gasteiger partial charge in [-0.3, -0.25) is 0 Å². The molecule has 0 N–H and O–H groups in total. The monoisotopic (exact) mass is 114 g/mol. The van der Waals surface area contributed by atoms with Crippen LogP contribution in [-0.4, -0.2) is 23.3 Å². The maximum Gasteiger partial charge on any atom is 3.00 e. The van der Waals surface area contributed by atoms with Crippen molar-refractivity contribution in [1.29, 1.82) is 0 Å². The maximum absolute atomic E-state index is 9.14. The van der Waals surface area contributed by atoms with Crippen molar-refractivity contribution in [3.05, 3.63) is 12.7 Å². The van der Waals surface area contributed by atoms with E-state index in [1.54, 1.807) is 0 Å². The van der Waals surface area contributed by atoms with E-state index in [0.717, 1.165) is 6.08 Å². The van der Waals surface area contributed by atoms with Gasteiger partial charge >= 0.3 is 17.4 Å². The first-order valence-corrected chi connectivity index (χ1v) is 1.11. The van der Waals surface area contributed by atoms with Gasteiger partial charge in [0.15, 0.2) is 0 Å². The zero-order valence-electron chi connectivity index (χ0n) is 3.59. The van der Waals surface area contributed by atoms with Crippen LogP contribution in [0.3, 0.4) is 0 Å². The Morgan fingerprint density at radius 2 is 1.86 bits per heavy atom. The fourth-order valence-electron chi connectivity index (χ4n) is 0. The summed E-state index contributed by atoms with van der Waals surface area (Å²) in [7, 11) is 0. The van der Waals surface area contributed by atoms with Crippen molar-refractivity contribution in [1.82, 2.24) is 0 Å². The third kappa shape index (κ3) is 27.0. The van der Waals surface area contributed by atoms with Crippen LogP contribution in [0.4, 0.5) is 0 Å². The van der Waals surface area contributed by atoms with Crippen molar-refractivity contribution in [3.63, 3.8) is 0 Å². The molecule has 4 heteroatoms. The Hall–Kier alpha value is -0.298. The molecule has 0 aromatic heterocycles. The number of hydrogen-bond acceptors (Lipinski definition) is 2. The zero-order chi connectivity index (χ0) is 4.28. The summed E-state index contributed by atoms with van der Waals surface area (Å²) in [6, 6.07) is 0. The summed E-state index contributed by atoms with van der Waals surface area (Å²) < 4.78 is 0. The van der Waals surface area contributed by atoms with Gasteiger partial charge in [0.25, 0.3) is 0 Å². The molecular formula is C3H3AlO3. The van der Waals surface area contributed by atoms with Gasteiger partial charge in [0.1, 0.15) is 0 Å². The summed E-state index contributed by atoms with van der Waals surface area (Å²) in [5.41, 5.74) is 0. The first kappa shape index (κ1) is 15.9. The van der Waals surface area contributed by atoms with Crippen molar-refractivity contribution < 1.29 is 15.4 Å². The van der Waals surface area contributed by atoms with E-state index in [-0.39, 0.29) is 22.8 Å². The minimum Gasteiger partial charge on any atom is -2.00 e. The Labute approximate surface area is 52.1 Å². The van der Waals surface area contributed by atoms with Crippen molar-refractivity contribution >= 4 is 23.3 Å². The van der Waals surface area contributed by atoms with Crippen LogP contribution in [0.1, 0.15) is 0 Å². The van der Waals surface area contributed by atoms with Crippen LogP contribution in [0.2, 0.25) is 0 Å². The Morgan fingerprint density at radius 1 is 1.71 bits per heavy atom. The first-order valence-electron chi connectivity index (χ1n) is 1.11. The second kappa shape index (κ2) is 9.20. The molecule has 0 saturated carbocycles. The molecule has 0 saturated heterocycles. The molecule has 0 unspecified atom stereocenters. The van der Waals surface area contributed by atoms with Gasteiger partial charge in [0.05, 0.1) is 5.97 Å². The molecule has 0 aromatic rings. The number of rotatable bonds is 1. The van der Waals surface area contributed by atoms with Gasteiger partial charge in [0.2, 0.25) is 0 Å². The fourth-order valence-corrected chi connectivity index (χ4v) is 0. The molecular weight excluding hydrogens is 111 g/mol. The van der Waals surface area contributed by atoms with E-state index >= 15 is 0 Å². The average Bonchev–Trinajstić information content (AvgIpc) is 1.38. The van der Waals surface area contributed by atoms with Crippen LogP contribution < -0.4 is 5.11 Å². The van der Waals surface area contributed by atoms with Gasteiger partial charge in [-0.05, 0) is 6.08 Å². The molecule has 3 nitrogen and oxygen atoms in total. The number of aliphatic carboxylic acids is 1. The van der Waals surface area contributed by atoms with E-state index in [1.165, 1.54) is 0 Å². The second-order valence-electron chi connectivity index (χ2n) is 0.523. The number of carboxylic acids is 1. The molecule has 0 radical (unpaired) electrons. The second-order valence-corrected chi connectivity index (χ2v) is 0.523. The third-order valence-corrected chi connectivity index (χ3v) is 0.167. The topological polar surface area (TPSA) is 68.6 Å². The molecule has 0 aromatic carbocycles. The van der Waals surface area contributed by atoms with E-state index in [0.29, 0.717) is 0 Å². The number of carbonyl (C=O) groups excluding carboxylic acids is 1. The fraction of sp³-hybridized carbons (Fsp3) is 0. The number of hydrogen-bond donors (Lipinski definition) is 0. The Bertz CT molecular complexity index is 61.2. The molecule has 36 valence electrons. The molecule has 0 spiro atoms. The summed E-state index contributed by atoms with van der Waals surface area (Å²) >= 11 is 0. The van der Waals surface area contributed by atoms with Crippen LogP contribution in [0.15, 0.2) is 12.7 Å². The quantitative estimate of drug-likeness (QED) is 0.305. The van der Waals surface area contributed by atoms with Gasteiger partial charge in [0, 0.05) is 0 Å². The van der Waals surface area contributed by atoms with Crippen LogP contribution in [0.25, 0.3) is 0 Å². The van der Waals surface area contributed by atoms with Crippen LogP contribution in [0.5, 0.6) is 0 Å². The zero-order valence-corrected chi connectivity index (χ0v) is 4.74. The van der Waals surface area contributed by atoms with Crippen molar-refractivity contribution in [3.8, 4) is 0 Å². The summed E-state index contributed by atoms with van der Waals surface area (Å²) in [5.74, 6) is -1.23. The minimum absolute atomic E-state index is 0. The molecule has 0 aliphatic heterocycles. The normalized spacial score (nSPS) is 4.57. The molecule has 0 heterocycles. The molecule has 0 aliphatic rings. The van der Waals surface area contributed by atoms with E-state index < -0.39 is 5.97 Å². The number of carboxylic acid groups (broad SMARTS) is 1. The predicted molar refractivity (Wildman–Crippen MR) is 21.6 cm³/mol. The summed E-state index contributed by atoms with van der Waals surface area (Å²) in [5, 5.41) is 9.14. The Kier molecular flexibility index (Phi) is 20.9.